The molecule has 0 radical (unpaired) electrons. The number of halogens is 3. The molecule has 24 heavy (non-hydrogen) atoms. The molecule has 0 bridgehead atoms. The lowest BCUT2D eigenvalue weighted by atomic mass is 9.87. The summed E-state index contributed by atoms with van der Waals surface area (Å²) in [6.07, 6.45) is 4.36. The first kappa shape index (κ1) is 17.6. The molecule has 1 aromatic carbocycles. The van der Waals surface area contributed by atoms with Gasteiger partial charge in [-0.1, -0.05) is 19.3 Å². The zero-order valence-corrected chi connectivity index (χ0v) is 14.3. The van der Waals surface area contributed by atoms with Gasteiger partial charge in [-0.05, 0) is 56.9 Å². The van der Waals surface area contributed by atoms with E-state index < -0.39 is 11.7 Å². The Balaban J connectivity index is 1.66. The minimum atomic E-state index is -4.27. The first-order valence-electron chi connectivity index (χ1n) is 9.06. The molecule has 1 atom stereocenters. The third kappa shape index (κ3) is 4.24. The van der Waals surface area contributed by atoms with Crippen LogP contribution in [0.2, 0.25) is 0 Å². The number of hydrogen-bond acceptors (Lipinski definition) is 2. The van der Waals surface area contributed by atoms with Gasteiger partial charge in [0, 0.05) is 30.4 Å². The second kappa shape index (κ2) is 6.95. The predicted molar refractivity (Wildman–Crippen MR) is 91.3 cm³/mol. The SMILES string of the molecule is C[C@]1(NC2CCCCC2)CCCN(c2ccc(C(F)(F)F)cc2)C1. The lowest BCUT2D eigenvalue weighted by molar-refractivity contribution is -0.137. The summed E-state index contributed by atoms with van der Waals surface area (Å²) in [5.41, 5.74) is 0.355. The van der Waals surface area contributed by atoms with E-state index in [1.54, 1.807) is 12.1 Å². The van der Waals surface area contributed by atoms with Crippen LogP contribution in [-0.2, 0) is 6.18 Å². The number of anilines is 1. The van der Waals surface area contributed by atoms with Gasteiger partial charge in [0.25, 0.3) is 0 Å². The molecule has 1 aliphatic carbocycles. The van der Waals surface area contributed by atoms with Crippen molar-refractivity contribution in [3.8, 4) is 0 Å². The highest BCUT2D eigenvalue weighted by molar-refractivity contribution is 5.49. The molecule has 2 fully saturated rings. The Morgan fingerprint density at radius 1 is 1.04 bits per heavy atom. The van der Waals surface area contributed by atoms with Crippen molar-refractivity contribution >= 4 is 5.69 Å². The Hall–Kier alpha value is -1.23. The van der Waals surface area contributed by atoms with Gasteiger partial charge in [-0.3, -0.25) is 0 Å². The van der Waals surface area contributed by atoms with Crippen LogP contribution in [0.25, 0.3) is 0 Å². The number of rotatable bonds is 3. The molecule has 0 spiro atoms. The topological polar surface area (TPSA) is 15.3 Å². The average molecular weight is 340 g/mol. The number of benzene rings is 1. The van der Waals surface area contributed by atoms with Crippen molar-refractivity contribution in [3.05, 3.63) is 29.8 Å². The molecule has 1 heterocycles. The third-order valence-corrected chi connectivity index (χ3v) is 5.41. The largest absolute Gasteiger partial charge is 0.416 e. The molecule has 0 aromatic heterocycles. The van der Waals surface area contributed by atoms with Crippen LogP contribution in [0.5, 0.6) is 0 Å². The molecule has 1 saturated carbocycles. The van der Waals surface area contributed by atoms with Crippen LogP contribution in [-0.4, -0.2) is 24.7 Å². The van der Waals surface area contributed by atoms with E-state index in [4.69, 9.17) is 0 Å². The molecular weight excluding hydrogens is 313 g/mol. The summed E-state index contributed by atoms with van der Waals surface area (Å²) in [4.78, 5) is 2.22. The number of nitrogens with zero attached hydrogens (tertiary/aromatic N) is 1. The normalized spacial score (nSPS) is 26.6. The van der Waals surface area contributed by atoms with Gasteiger partial charge in [0.15, 0.2) is 0 Å². The first-order chi connectivity index (χ1) is 11.4. The Morgan fingerprint density at radius 2 is 1.71 bits per heavy atom. The van der Waals surface area contributed by atoms with Crippen molar-refractivity contribution in [3.63, 3.8) is 0 Å². The van der Waals surface area contributed by atoms with Crippen LogP contribution < -0.4 is 10.2 Å². The van der Waals surface area contributed by atoms with Crippen LogP contribution in [0.3, 0.4) is 0 Å². The monoisotopic (exact) mass is 340 g/mol. The third-order valence-electron chi connectivity index (χ3n) is 5.41. The lowest BCUT2D eigenvalue weighted by Crippen LogP contribution is -2.58. The quantitative estimate of drug-likeness (QED) is 0.834. The molecule has 5 heteroatoms. The average Bonchev–Trinajstić information content (AvgIpc) is 2.55. The molecule has 134 valence electrons. The van der Waals surface area contributed by atoms with E-state index in [1.807, 2.05) is 0 Å². The van der Waals surface area contributed by atoms with E-state index in [9.17, 15) is 13.2 Å². The van der Waals surface area contributed by atoms with Gasteiger partial charge < -0.3 is 10.2 Å². The fourth-order valence-electron chi connectivity index (χ4n) is 4.18. The smallest absolute Gasteiger partial charge is 0.370 e. The molecule has 1 aromatic rings. The Labute approximate surface area is 142 Å². The summed E-state index contributed by atoms with van der Waals surface area (Å²) in [6, 6.07) is 6.19. The standard InChI is InChI=1S/C19H27F3N2/c1-18(23-16-6-3-2-4-7-16)12-5-13-24(14-18)17-10-8-15(9-11-17)19(20,21)22/h8-11,16,23H,2-7,12-14H2,1H3/t18-/m0/s1. The van der Waals surface area contributed by atoms with Gasteiger partial charge >= 0.3 is 6.18 Å². The zero-order chi connectivity index (χ0) is 17.2. The van der Waals surface area contributed by atoms with E-state index in [-0.39, 0.29) is 5.54 Å². The minimum Gasteiger partial charge on any atom is -0.370 e. The van der Waals surface area contributed by atoms with Gasteiger partial charge in [-0.2, -0.15) is 13.2 Å². The molecule has 2 nitrogen and oxygen atoms in total. The molecule has 0 unspecified atom stereocenters. The highest BCUT2D eigenvalue weighted by Gasteiger charge is 2.34. The highest BCUT2D eigenvalue weighted by atomic mass is 19.4. The second-order valence-electron chi connectivity index (χ2n) is 7.61. The summed E-state index contributed by atoms with van der Waals surface area (Å²) >= 11 is 0. The number of nitrogens with one attached hydrogen (secondary N) is 1. The fraction of sp³-hybridized carbons (Fsp3) is 0.684. The Kier molecular flexibility index (Phi) is 5.09. The maximum Gasteiger partial charge on any atom is 0.416 e. The molecule has 2 aliphatic rings. The fourth-order valence-corrected chi connectivity index (χ4v) is 4.18. The van der Waals surface area contributed by atoms with E-state index in [1.165, 1.54) is 44.2 Å². The first-order valence-corrected chi connectivity index (χ1v) is 9.06. The van der Waals surface area contributed by atoms with E-state index in [0.29, 0.717) is 6.04 Å². The maximum absolute atomic E-state index is 12.7. The van der Waals surface area contributed by atoms with Gasteiger partial charge in [0.1, 0.15) is 0 Å². The van der Waals surface area contributed by atoms with Gasteiger partial charge in [-0.15, -0.1) is 0 Å². The van der Waals surface area contributed by atoms with Gasteiger partial charge in [0.05, 0.1) is 5.56 Å². The van der Waals surface area contributed by atoms with E-state index in [2.05, 4.69) is 17.1 Å². The van der Waals surface area contributed by atoms with Crippen molar-refractivity contribution in [1.29, 1.82) is 0 Å². The Bertz CT molecular complexity index is 535. The Morgan fingerprint density at radius 3 is 2.33 bits per heavy atom. The highest BCUT2D eigenvalue weighted by Crippen LogP contribution is 2.32. The van der Waals surface area contributed by atoms with Gasteiger partial charge in [0.2, 0.25) is 0 Å². The van der Waals surface area contributed by atoms with E-state index >= 15 is 0 Å². The van der Waals surface area contributed by atoms with Gasteiger partial charge in [-0.25, -0.2) is 0 Å². The van der Waals surface area contributed by atoms with Crippen LogP contribution >= 0.6 is 0 Å². The molecule has 0 amide bonds. The lowest BCUT2D eigenvalue weighted by Gasteiger charge is -2.45. The molecule has 1 saturated heterocycles. The van der Waals surface area contributed by atoms with Crippen molar-refractivity contribution in [2.24, 2.45) is 0 Å². The number of alkyl halides is 3. The summed E-state index contributed by atoms with van der Waals surface area (Å²) in [5.74, 6) is 0. The van der Waals surface area contributed by atoms with Crippen LogP contribution in [0, 0.1) is 0 Å². The van der Waals surface area contributed by atoms with Crippen molar-refractivity contribution < 1.29 is 13.2 Å². The molecule has 3 rings (SSSR count). The van der Waals surface area contributed by atoms with E-state index in [0.717, 1.165) is 31.6 Å². The summed E-state index contributed by atoms with van der Waals surface area (Å²) in [7, 11) is 0. The molecule has 1 aliphatic heterocycles. The number of hydrogen-bond donors (Lipinski definition) is 1. The summed E-state index contributed by atoms with van der Waals surface area (Å²) in [5, 5.41) is 3.85. The van der Waals surface area contributed by atoms with Crippen molar-refractivity contribution in [2.45, 2.75) is 69.6 Å². The number of piperidine rings is 1. The molecular formula is C19H27F3N2. The zero-order valence-electron chi connectivity index (χ0n) is 14.3. The second-order valence-corrected chi connectivity index (χ2v) is 7.61. The molecule has 1 N–H and O–H groups in total. The minimum absolute atomic E-state index is 0.0446. The van der Waals surface area contributed by atoms with Crippen LogP contribution in [0.4, 0.5) is 18.9 Å². The van der Waals surface area contributed by atoms with Crippen LogP contribution in [0.1, 0.15) is 57.4 Å². The van der Waals surface area contributed by atoms with Crippen LogP contribution in [0.15, 0.2) is 24.3 Å². The van der Waals surface area contributed by atoms with Crippen molar-refractivity contribution in [2.75, 3.05) is 18.0 Å². The summed E-state index contributed by atoms with van der Waals surface area (Å²) in [6.45, 7) is 4.03. The summed E-state index contributed by atoms with van der Waals surface area (Å²) < 4.78 is 38.2. The van der Waals surface area contributed by atoms with Crippen molar-refractivity contribution in [1.82, 2.24) is 5.32 Å². The maximum atomic E-state index is 12.7. The predicted octanol–water partition coefficient (Wildman–Crippen LogP) is 4.99.